The van der Waals surface area contributed by atoms with Crippen LogP contribution in [-0.2, 0) is 16.6 Å². The summed E-state index contributed by atoms with van der Waals surface area (Å²) in [6.07, 6.45) is 8.64. The van der Waals surface area contributed by atoms with Gasteiger partial charge in [0.05, 0.1) is 24.1 Å². The van der Waals surface area contributed by atoms with Crippen LogP contribution in [0.1, 0.15) is 53.2 Å². The first-order valence-electron chi connectivity index (χ1n) is 11.7. The Morgan fingerprint density at radius 3 is 2.51 bits per heavy atom. The zero-order chi connectivity index (χ0) is 24.4. The molecule has 9 heteroatoms. The van der Waals surface area contributed by atoms with Crippen LogP contribution in [0.25, 0.3) is 11.1 Å². The van der Waals surface area contributed by atoms with Crippen LogP contribution in [0.4, 0.5) is 0 Å². The van der Waals surface area contributed by atoms with E-state index in [9.17, 15) is 13.2 Å². The standard InChI is InChI=1S/C26H27N3O5S/c1-35(31,32)29-26(30)21-12-23(18-7-8-18)24(27-14-21)16-33-22-4-2-3-19(11-22)20-9-10-25(28-13-20)34-15-17-5-6-17/h2-4,9-14,17-18H,5-8,15-16H2,1H3,(H,29,30). The zero-order valence-corrected chi connectivity index (χ0v) is 20.3. The van der Waals surface area contributed by atoms with E-state index in [1.165, 1.54) is 19.0 Å². The molecule has 0 aliphatic heterocycles. The first-order valence-corrected chi connectivity index (χ1v) is 13.6. The van der Waals surface area contributed by atoms with E-state index in [-0.39, 0.29) is 12.2 Å². The van der Waals surface area contributed by atoms with E-state index in [1.807, 2.05) is 41.1 Å². The van der Waals surface area contributed by atoms with E-state index in [1.54, 1.807) is 12.3 Å². The number of carbonyl (C=O) groups is 1. The highest BCUT2D eigenvalue weighted by Gasteiger charge is 2.28. The molecule has 2 aromatic heterocycles. The maximum Gasteiger partial charge on any atom is 0.266 e. The summed E-state index contributed by atoms with van der Waals surface area (Å²) >= 11 is 0. The van der Waals surface area contributed by atoms with Crippen molar-refractivity contribution in [3.8, 4) is 22.8 Å². The molecule has 0 spiro atoms. The lowest BCUT2D eigenvalue weighted by Gasteiger charge is -2.12. The van der Waals surface area contributed by atoms with E-state index < -0.39 is 15.9 Å². The number of amides is 1. The summed E-state index contributed by atoms with van der Waals surface area (Å²) in [7, 11) is -3.64. The van der Waals surface area contributed by atoms with Crippen molar-refractivity contribution in [3.05, 3.63) is 71.7 Å². The average molecular weight is 494 g/mol. The lowest BCUT2D eigenvalue weighted by Crippen LogP contribution is -2.29. The molecule has 182 valence electrons. The van der Waals surface area contributed by atoms with Crippen molar-refractivity contribution in [1.82, 2.24) is 14.7 Å². The quantitative estimate of drug-likeness (QED) is 0.453. The second kappa shape index (κ2) is 9.65. The molecule has 0 unspecified atom stereocenters. The SMILES string of the molecule is CS(=O)(=O)NC(=O)c1cnc(COc2cccc(-c3ccc(OCC4CC4)nc3)c2)c(C2CC2)c1. The predicted octanol–water partition coefficient (Wildman–Crippen LogP) is 4.08. The third-order valence-electron chi connectivity index (χ3n) is 6.00. The number of nitrogens with zero attached hydrogens (tertiary/aromatic N) is 2. The number of hydrogen-bond donors (Lipinski definition) is 1. The normalized spacial score (nSPS) is 15.5. The molecule has 2 saturated carbocycles. The summed E-state index contributed by atoms with van der Waals surface area (Å²) in [5.74, 6) is 1.64. The molecule has 5 rings (SSSR count). The Labute approximate surface area is 204 Å². The van der Waals surface area contributed by atoms with Gasteiger partial charge in [0.2, 0.25) is 15.9 Å². The summed E-state index contributed by atoms with van der Waals surface area (Å²) in [5, 5.41) is 0. The number of ether oxygens (including phenoxy) is 2. The number of benzene rings is 1. The molecule has 2 heterocycles. The minimum atomic E-state index is -3.64. The molecule has 3 aromatic rings. The highest BCUT2D eigenvalue weighted by atomic mass is 32.2. The fraction of sp³-hybridized carbons (Fsp3) is 0.346. The van der Waals surface area contributed by atoms with Crippen LogP contribution in [0.2, 0.25) is 0 Å². The predicted molar refractivity (Wildman–Crippen MR) is 131 cm³/mol. The number of rotatable bonds is 10. The number of aromatic nitrogens is 2. The second-order valence-electron chi connectivity index (χ2n) is 9.19. The van der Waals surface area contributed by atoms with Gasteiger partial charge in [-0.1, -0.05) is 12.1 Å². The highest BCUT2D eigenvalue weighted by Crippen LogP contribution is 2.41. The molecular weight excluding hydrogens is 466 g/mol. The Kier molecular flexibility index (Phi) is 6.42. The van der Waals surface area contributed by atoms with Gasteiger partial charge in [-0.15, -0.1) is 0 Å². The fourth-order valence-electron chi connectivity index (χ4n) is 3.77. The number of sulfonamides is 1. The van der Waals surface area contributed by atoms with Gasteiger partial charge in [-0.05, 0) is 72.9 Å². The number of hydrogen-bond acceptors (Lipinski definition) is 7. The van der Waals surface area contributed by atoms with Gasteiger partial charge in [-0.3, -0.25) is 9.78 Å². The summed E-state index contributed by atoms with van der Waals surface area (Å²) in [6, 6.07) is 13.4. The van der Waals surface area contributed by atoms with Crippen molar-refractivity contribution in [2.24, 2.45) is 5.92 Å². The molecule has 8 nitrogen and oxygen atoms in total. The van der Waals surface area contributed by atoms with Gasteiger partial charge in [0, 0.05) is 24.0 Å². The van der Waals surface area contributed by atoms with Gasteiger partial charge in [0.25, 0.3) is 5.91 Å². The molecular formula is C26H27N3O5S. The average Bonchev–Trinajstić information content (AvgIpc) is 3.75. The minimum Gasteiger partial charge on any atom is -0.487 e. The molecule has 35 heavy (non-hydrogen) atoms. The summed E-state index contributed by atoms with van der Waals surface area (Å²) < 4.78 is 36.5. The van der Waals surface area contributed by atoms with Crippen LogP contribution < -0.4 is 14.2 Å². The summed E-state index contributed by atoms with van der Waals surface area (Å²) in [4.78, 5) is 21.1. The molecule has 2 fully saturated rings. The van der Waals surface area contributed by atoms with Crippen molar-refractivity contribution < 1.29 is 22.7 Å². The maximum absolute atomic E-state index is 12.2. The Hall–Kier alpha value is -3.46. The third kappa shape index (κ3) is 6.36. The molecule has 1 aromatic carbocycles. The Morgan fingerprint density at radius 2 is 1.83 bits per heavy atom. The van der Waals surface area contributed by atoms with Crippen LogP contribution in [0.5, 0.6) is 11.6 Å². The Bertz CT molecular complexity index is 1330. The first-order chi connectivity index (χ1) is 16.8. The smallest absolute Gasteiger partial charge is 0.266 e. The zero-order valence-electron chi connectivity index (χ0n) is 19.4. The lowest BCUT2D eigenvalue weighted by molar-refractivity contribution is 0.0981. The van der Waals surface area contributed by atoms with Gasteiger partial charge >= 0.3 is 0 Å². The molecule has 2 aliphatic rings. The second-order valence-corrected chi connectivity index (χ2v) is 10.9. The van der Waals surface area contributed by atoms with E-state index in [4.69, 9.17) is 9.47 Å². The maximum atomic E-state index is 12.2. The topological polar surface area (TPSA) is 107 Å². The van der Waals surface area contributed by atoms with Crippen LogP contribution in [0.3, 0.4) is 0 Å². The van der Waals surface area contributed by atoms with Crippen molar-refractivity contribution in [2.45, 2.75) is 38.2 Å². The van der Waals surface area contributed by atoms with Crippen molar-refractivity contribution in [1.29, 1.82) is 0 Å². The van der Waals surface area contributed by atoms with Crippen LogP contribution in [0, 0.1) is 5.92 Å². The van der Waals surface area contributed by atoms with Crippen molar-refractivity contribution in [3.63, 3.8) is 0 Å². The molecule has 2 aliphatic carbocycles. The van der Waals surface area contributed by atoms with E-state index in [2.05, 4.69) is 9.97 Å². The Balaban J connectivity index is 1.26. The number of nitrogens with one attached hydrogen (secondary N) is 1. The monoisotopic (exact) mass is 493 g/mol. The van der Waals surface area contributed by atoms with Crippen LogP contribution in [0.15, 0.2) is 54.9 Å². The number of carbonyl (C=O) groups excluding carboxylic acids is 1. The third-order valence-corrected chi connectivity index (χ3v) is 6.56. The molecule has 0 radical (unpaired) electrons. The summed E-state index contributed by atoms with van der Waals surface area (Å²) in [5.41, 5.74) is 3.83. The largest absolute Gasteiger partial charge is 0.487 e. The Morgan fingerprint density at radius 1 is 1.00 bits per heavy atom. The fourth-order valence-corrected chi connectivity index (χ4v) is 4.23. The van der Waals surface area contributed by atoms with E-state index in [0.717, 1.165) is 48.1 Å². The highest BCUT2D eigenvalue weighted by molar-refractivity contribution is 7.89. The molecule has 0 atom stereocenters. The lowest BCUT2D eigenvalue weighted by atomic mass is 10.1. The van der Waals surface area contributed by atoms with Crippen molar-refractivity contribution in [2.75, 3.05) is 12.9 Å². The van der Waals surface area contributed by atoms with Gasteiger partial charge in [-0.25, -0.2) is 18.1 Å². The molecule has 0 saturated heterocycles. The van der Waals surface area contributed by atoms with Gasteiger partial charge in [-0.2, -0.15) is 0 Å². The van der Waals surface area contributed by atoms with Crippen LogP contribution in [-0.4, -0.2) is 37.2 Å². The molecule has 1 amide bonds. The molecule has 0 bridgehead atoms. The van der Waals surface area contributed by atoms with E-state index >= 15 is 0 Å². The van der Waals surface area contributed by atoms with Crippen LogP contribution >= 0.6 is 0 Å². The van der Waals surface area contributed by atoms with Gasteiger partial charge < -0.3 is 9.47 Å². The van der Waals surface area contributed by atoms with Gasteiger partial charge in [0.15, 0.2) is 0 Å². The number of pyridine rings is 2. The van der Waals surface area contributed by atoms with Gasteiger partial charge in [0.1, 0.15) is 12.4 Å². The first kappa shape index (κ1) is 23.3. The summed E-state index contributed by atoms with van der Waals surface area (Å²) in [6.45, 7) is 0.978. The molecule has 1 N–H and O–H groups in total. The van der Waals surface area contributed by atoms with Crippen molar-refractivity contribution >= 4 is 15.9 Å². The minimum absolute atomic E-state index is 0.222. The van der Waals surface area contributed by atoms with E-state index in [0.29, 0.717) is 23.5 Å².